The summed E-state index contributed by atoms with van der Waals surface area (Å²) >= 11 is 0. The third kappa shape index (κ3) is 4.28. The lowest BCUT2D eigenvalue weighted by atomic mass is 10.1. The molecule has 2 N–H and O–H groups in total. The Kier molecular flexibility index (Phi) is 5.32. The van der Waals surface area contributed by atoms with Crippen molar-refractivity contribution in [2.24, 2.45) is 0 Å². The summed E-state index contributed by atoms with van der Waals surface area (Å²) in [6.07, 6.45) is 4.29. The van der Waals surface area contributed by atoms with E-state index in [1.54, 1.807) is 18.5 Å². The molecule has 0 atom stereocenters. The van der Waals surface area contributed by atoms with Crippen molar-refractivity contribution in [2.75, 3.05) is 10.6 Å². The zero-order valence-electron chi connectivity index (χ0n) is 15.3. The Bertz CT molecular complexity index is 917. The van der Waals surface area contributed by atoms with E-state index in [2.05, 4.69) is 34.7 Å². The second-order valence-electron chi connectivity index (χ2n) is 6.41. The first-order valence-corrected chi connectivity index (χ1v) is 8.75. The van der Waals surface area contributed by atoms with Gasteiger partial charge in [0.25, 0.3) is 5.91 Å². The predicted octanol–water partition coefficient (Wildman–Crippen LogP) is 5.26. The highest BCUT2D eigenvalue weighted by molar-refractivity contribution is 6.05. The van der Waals surface area contributed by atoms with Gasteiger partial charge in [0, 0.05) is 17.6 Å². The summed E-state index contributed by atoms with van der Waals surface area (Å²) in [5, 5.41) is 6.24. The number of nitrogens with one attached hydrogen (secondary N) is 2. The molecule has 0 aliphatic heterocycles. The zero-order valence-corrected chi connectivity index (χ0v) is 15.3. The van der Waals surface area contributed by atoms with Crippen molar-refractivity contribution in [3.63, 3.8) is 0 Å². The Balaban J connectivity index is 1.74. The molecular weight excluding hydrogens is 322 g/mol. The van der Waals surface area contributed by atoms with E-state index in [9.17, 15) is 4.79 Å². The molecule has 3 rings (SSSR count). The zero-order chi connectivity index (χ0) is 18.5. The van der Waals surface area contributed by atoms with Gasteiger partial charge in [-0.3, -0.25) is 9.78 Å². The van der Waals surface area contributed by atoms with E-state index in [0.717, 1.165) is 29.0 Å². The van der Waals surface area contributed by atoms with Crippen LogP contribution in [0.3, 0.4) is 0 Å². The lowest BCUT2D eigenvalue weighted by molar-refractivity contribution is 0.102. The second-order valence-corrected chi connectivity index (χ2v) is 6.41. The highest BCUT2D eigenvalue weighted by Gasteiger charge is 2.09. The summed E-state index contributed by atoms with van der Waals surface area (Å²) in [7, 11) is 0. The summed E-state index contributed by atoms with van der Waals surface area (Å²) in [6.45, 7) is 6.15. The molecule has 4 nitrogen and oxygen atoms in total. The number of carbonyl (C=O) groups is 1. The van der Waals surface area contributed by atoms with Crippen LogP contribution in [0.25, 0.3) is 0 Å². The van der Waals surface area contributed by atoms with Crippen LogP contribution in [0.2, 0.25) is 0 Å². The number of aromatic nitrogens is 1. The molecule has 4 heteroatoms. The van der Waals surface area contributed by atoms with Gasteiger partial charge in [-0.25, -0.2) is 0 Å². The van der Waals surface area contributed by atoms with Crippen LogP contribution in [0, 0.1) is 13.8 Å². The van der Waals surface area contributed by atoms with Gasteiger partial charge in [0.1, 0.15) is 0 Å². The first-order valence-electron chi connectivity index (χ1n) is 8.75. The van der Waals surface area contributed by atoms with E-state index in [1.807, 2.05) is 44.2 Å². The highest BCUT2D eigenvalue weighted by Crippen LogP contribution is 2.20. The molecule has 0 unspecified atom stereocenters. The van der Waals surface area contributed by atoms with Crippen LogP contribution in [0.15, 0.2) is 60.9 Å². The maximum atomic E-state index is 12.6. The van der Waals surface area contributed by atoms with E-state index >= 15 is 0 Å². The Morgan fingerprint density at radius 1 is 0.962 bits per heavy atom. The molecular formula is C22H23N3O. The molecule has 1 aromatic heterocycles. The van der Waals surface area contributed by atoms with E-state index in [4.69, 9.17) is 0 Å². The first-order chi connectivity index (χ1) is 12.5. The molecule has 0 aliphatic carbocycles. The molecule has 3 aromatic rings. The lowest BCUT2D eigenvalue weighted by Gasteiger charge is -2.11. The van der Waals surface area contributed by atoms with Gasteiger partial charge in [-0.1, -0.05) is 36.8 Å². The molecule has 0 saturated heterocycles. The molecule has 0 radical (unpaired) electrons. The third-order valence-corrected chi connectivity index (χ3v) is 4.28. The summed E-state index contributed by atoms with van der Waals surface area (Å²) in [6, 6.07) is 16.0. The average Bonchev–Trinajstić information content (AvgIpc) is 2.65. The molecule has 1 amide bonds. The fraction of sp³-hybridized carbons (Fsp3) is 0.182. The largest absolute Gasteiger partial charge is 0.354 e. The number of hydrogen-bond donors (Lipinski definition) is 2. The minimum Gasteiger partial charge on any atom is -0.354 e. The monoisotopic (exact) mass is 345 g/mol. The number of aryl methyl sites for hydroxylation is 3. The maximum Gasteiger partial charge on any atom is 0.257 e. The smallest absolute Gasteiger partial charge is 0.257 e. The van der Waals surface area contributed by atoms with E-state index in [0.29, 0.717) is 5.56 Å². The van der Waals surface area contributed by atoms with E-state index in [1.165, 1.54) is 11.1 Å². The summed E-state index contributed by atoms with van der Waals surface area (Å²) in [5.41, 5.74) is 6.57. The second kappa shape index (κ2) is 7.83. The number of hydrogen-bond acceptors (Lipinski definition) is 3. The van der Waals surface area contributed by atoms with Crippen LogP contribution >= 0.6 is 0 Å². The lowest BCUT2D eigenvalue weighted by Crippen LogP contribution is -2.13. The van der Waals surface area contributed by atoms with Gasteiger partial charge in [-0.15, -0.1) is 0 Å². The molecule has 0 saturated carbocycles. The van der Waals surface area contributed by atoms with Crippen LogP contribution in [0.4, 0.5) is 17.1 Å². The van der Waals surface area contributed by atoms with Crippen molar-refractivity contribution in [2.45, 2.75) is 27.2 Å². The van der Waals surface area contributed by atoms with Crippen molar-refractivity contribution in [3.8, 4) is 0 Å². The molecule has 0 bridgehead atoms. The fourth-order valence-electron chi connectivity index (χ4n) is 2.77. The Morgan fingerprint density at radius 3 is 2.42 bits per heavy atom. The van der Waals surface area contributed by atoms with E-state index in [-0.39, 0.29) is 5.91 Å². The van der Waals surface area contributed by atoms with Gasteiger partial charge in [-0.05, 0) is 55.7 Å². The maximum absolute atomic E-state index is 12.6. The van der Waals surface area contributed by atoms with Crippen molar-refractivity contribution >= 4 is 23.0 Å². The summed E-state index contributed by atoms with van der Waals surface area (Å²) in [5.74, 6) is -0.172. The Morgan fingerprint density at radius 2 is 1.73 bits per heavy atom. The minimum absolute atomic E-state index is 0.172. The van der Waals surface area contributed by atoms with Crippen molar-refractivity contribution in [1.82, 2.24) is 4.98 Å². The van der Waals surface area contributed by atoms with Crippen LogP contribution in [0.5, 0.6) is 0 Å². The summed E-state index contributed by atoms with van der Waals surface area (Å²) < 4.78 is 0. The number of amides is 1. The molecule has 0 aliphatic rings. The van der Waals surface area contributed by atoms with Gasteiger partial charge in [0.05, 0.1) is 17.4 Å². The van der Waals surface area contributed by atoms with Crippen LogP contribution in [0.1, 0.15) is 34.0 Å². The molecule has 2 aromatic carbocycles. The number of carbonyl (C=O) groups excluding carboxylic acids is 1. The van der Waals surface area contributed by atoms with Gasteiger partial charge in [0.15, 0.2) is 0 Å². The van der Waals surface area contributed by atoms with Crippen LogP contribution in [-0.4, -0.2) is 10.9 Å². The quantitative estimate of drug-likeness (QED) is 0.663. The number of rotatable bonds is 5. The van der Waals surface area contributed by atoms with Crippen LogP contribution < -0.4 is 10.6 Å². The first kappa shape index (κ1) is 17.7. The van der Waals surface area contributed by atoms with Crippen molar-refractivity contribution in [1.29, 1.82) is 0 Å². The summed E-state index contributed by atoms with van der Waals surface area (Å²) in [4.78, 5) is 16.8. The minimum atomic E-state index is -0.172. The topological polar surface area (TPSA) is 54.0 Å². The van der Waals surface area contributed by atoms with E-state index < -0.39 is 0 Å². The van der Waals surface area contributed by atoms with Crippen molar-refractivity contribution in [3.05, 3.63) is 83.2 Å². The number of pyridine rings is 1. The number of nitrogens with zero attached hydrogens (tertiary/aromatic N) is 1. The SMILES string of the molecule is CCc1ccc(Nc2cncc(C(=O)Nc3ccc(C)cc3C)c2)cc1. The molecule has 1 heterocycles. The average molecular weight is 345 g/mol. The van der Waals surface area contributed by atoms with Gasteiger partial charge >= 0.3 is 0 Å². The number of anilines is 3. The van der Waals surface area contributed by atoms with Gasteiger partial charge in [-0.2, -0.15) is 0 Å². The molecule has 132 valence electrons. The predicted molar refractivity (Wildman–Crippen MR) is 107 cm³/mol. The van der Waals surface area contributed by atoms with Gasteiger partial charge in [0.2, 0.25) is 0 Å². The van der Waals surface area contributed by atoms with Crippen molar-refractivity contribution < 1.29 is 4.79 Å². The normalized spacial score (nSPS) is 10.4. The Hall–Kier alpha value is -3.14. The Labute approximate surface area is 154 Å². The molecule has 0 spiro atoms. The highest BCUT2D eigenvalue weighted by atomic mass is 16.1. The fourth-order valence-corrected chi connectivity index (χ4v) is 2.77. The molecule has 26 heavy (non-hydrogen) atoms. The molecule has 0 fully saturated rings. The standard InChI is InChI=1S/C22H23N3O/c1-4-17-6-8-19(9-7-17)24-20-12-18(13-23-14-20)22(26)25-21-10-5-15(2)11-16(21)3/h5-14,24H,4H2,1-3H3,(H,25,26). The third-order valence-electron chi connectivity index (χ3n) is 4.28. The number of benzene rings is 2. The van der Waals surface area contributed by atoms with Crippen LogP contribution in [-0.2, 0) is 6.42 Å². The van der Waals surface area contributed by atoms with Gasteiger partial charge < -0.3 is 10.6 Å².